The molecular formula is C31H41CrO. The van der Waals surface area contributed by atoms with E-state index in [-0.39, 0.29) is 17.4 Å². The first kappa shape index (κ1) is 31.2. The molecule has 1 aliphatic heterocycles. The number of ether oxygens (including phenoxy) is 1. The van der Waals surface area contributed by atoms with Crippen LogP contribution in [0.4, 0.5) is 0 Å². The Morgan fingerprint density at radius 1 is 0.455 bits per heavy atom. The normalized spacial score (nSPS) is 11.5. The summed E-state index contributed by atoms with van der Waals surface area (Å²) in [6.07, 6.45) is 2.56. The Morgan fingerprint density at radius 3 is 0.788 bits per heavy atom. The molecule has 1 saturated heterocycles. The molecule has 0 aromatic heterocycles. The number of aryl methyl sites for hydroxylation is 9. The predicted molar refractivity (Wildman–Crippen MR) is 139 cm³/mol. The van der Waals surface area contributed by atoms with Gasteiger partial charge in [-0.3, -0.25) is 0 Å². The summed E-state index contributed by atoms with van der Waals surface area (Å²) in [7, 11) is 0. The van der Waals surface area contributed by atoms with Gasteiger partial charge in [-0.15, -0.1) is 0 Å². The molecule has 3 aromatic rings. The number of hydrogen-bond acceptors (Lipinski definition) is 1. The quantitative estimate of drug-likeness (QED) is 0.295. The largest absolute Gasteiger partial charge is 3.00 e. The third-order valence-corrected chi connectivity index (χ3v) is 4.68. The van der Waals surface area contributed by atoms with Crippen LogP contribution in [0.3, 0.4) is 0 Å². The van der Waals surface area contributed by atoms with Crippen molar-refractivity contribution in [3.63, 3.8) is 0 Å². The zero-order valence-corrected chi connectivity index (χ0v) is 23.4. The summed E-state index contributed by atoms with van der Waals surface area (Å²) in [5.74, 6) is 0. The molecule has 1 radical (unpaired) electrons. The molecule has 0 spiro atoms. The molecule has 4 rings (SSSR count). The van der Waals surface area contributed by atoms with Gasteiger partial charge in [-0.05, 0) is 12.8 Å². The summed E-state index contributed by atoms with van der Waals surface area (Å²) in [5.41, 5.74) is 11.3. The first-order valence-corrected chi connectivity index (χ1v) is 11.5. The Bertz CT molecular complexity index is 678. The molecule has 0 bridgehead atoms. The van der Waals surface area contributed by atoms with E-state index < -0.39 is 0 Å². The Hall–Kier alpha value is -1.85. The maximum atomic E-state index is 4.94. The SMILES string of the molecule is C1CCOC1.Cc1[c-]c(C)cc(C)c1.Cc1[c-]c(C)cc(C)c1.Cc1[c-]c(C)cc(C)c1.[Cr+3]. The molecule has 1 fully saturated rings. The maximum Gasteiger partial charge on any atom is 3.00 e. The number of benzene rings is 3. The van der Waals surface area contributed by atoms with Crippen molar-refractivity contribution in [3.8, 4) is 0 Å². The van der Waals surface area contributed by atoms with Gasteiger partial charge in [0, 0.05) is 13.2 Å². The van der Waals surface area contributed by atoms with Gasteiger partial charge in [-0.1, -0.05) is 62.3 Å². The van der Waals surface area contributed by atoms with E-state index in [1.54, 1.807) is 0 Å². The molecule has 1 aliphatic rings. The summed E-state index contributed by atoms with van der Waals surface area (Å²) in [4.78, 5) is 0. The van der Waals surface area contributed by atoms with Crippen LogP contribution in [0.25, 0.3) is 0 Å². The van der Waals surface area contributed by atoms with Gasteiger partial charge in [-0.25, -0.2) is 0 Å². The second-order valence-corrected chi connectivity index (χ2v) is 8.89. The van der Waals surface area contributed by atoms with E-state index in [1.807, 2.05) is 0 Å². The van der Waals surface area contributed by atoms with Crippen LogP contribution in [0.1, 0.15) is 62.9 Å². The van der Waals surface area contributed by atoms with Crippen LogP contribution >= 0.6 is 0 Å². The average Bonchev–Trinajstić information content (AvgIpc) is 3.18. The van der Waals surface area contributed by atoms with Crippen LogP contribution in [0.15, 0.2) is 36.4 Å². The van der Waals surface area contributed by atoms with Crippen molar-refractivity contribution in [1.82, 2.24) is 0 Å². The topological polar surface area (TPSA) is 9.23 Å². The van der Waals surface area contributed by atoms with E-state index >= 15 is 0 Å². The van der Waals surface area contributed by atoms with Gasteiger partial charge >= 0.3 is 17.4 Å². The van der Waals surface area contributed by atoms with Crippen molar-refractivity contribution in [2.24, 2.45) is 0 Å². The van der Waals surface area contributed by atoms with Crippen molar-refractivity contribution in [1.29, 1.82) is 0 Å². The second kappa shape index (κ2) is 16.7. The van der Waals surface area contributed by atoms with Crippen molar-refractivity contribution in [2.45, 2.75) is 75.2 Å². The van der Waals surface area contributed by atoms with Crippen LogP contribution < -0.4 is 0 Å². The Kier molecular flexibility index (Phi) is 15.8. The van der Waals surface area contributed by atoms with E-state index in [1.165, 1.54) is 62.9 Å². The van der Waals surface area contributed by atoms with Gasteiger partial charge in [-0.2, -0.15) is 105 Å². The van der Waals surface area contributed by atoms with Gasteiger partial charge in [0.05, 0.1) is 0 Å². The van der Waals surface area contributed by atoms with Gasteiger partial charge in [0.25, 0.3) is 0 Å². The minimum absolute atomic E-state index is 0. The fourth-order valence-electron chi connectivity index (χ4n) is 3.83. The van der Waals surface area contributed by atoms with Gasteiger partial charge in [0.1, 0.15) is 0 Å². The van der Waals surface area contributed by atoms with Crippen molar-refractivity contribution >= 4 is 0 Å². The Balaban J connectivity index is 0.000000417. The molecule has 2 heteroatoms. The molecule has 0 unspecified atom stereocenters. The van der Waals surface area contributed by atoms with E-state index in [4.69, 9.17) is 4.74 Å². The van der Waals surface area contributed by atoms with E-state index in [0.717, 1.165) is 13.2 Å². The van der Waals surface area contributed by atoms with E-state index in [9.17, 15) is 0 Å². The predicted octanol–water partition coefficient (Wildman–Crippen LogP) is 8.03. The van der Waals surface area contributed by atoms with Crippen LogP contribution in [-0.2, 0) is 22.1 Å². The van der Waals surface area contributed by atoms with Crippen molar-refractivity contribution < 1.29 is 22.1 Å². The van der Waals surface area contributed by atoms with Crippen molar-refractivity contribution in [3.05, 3.63) is 105 Å². The molecule has 0 amide bonds. The van der Waals surface area contributed by atoms with Crippen LogP contribution in [-0.4, -0.2) is 13.2 Å². The Labute approximate surface area is 214 Å². The fraction of sp³-hybridized carbons (Fsp3) is 0.419. The maximum absolute atomic E-state index is 4.94. The van der Waals surface area contributed by atoms with E-state index in [2.05, 4.69) is 117 Å². The number of hydrogen-bond donors (Lipinski definition) is 0. The number of rotatable bonds is 0. The smallest absolute Gasteiger partial charge is 0.381 e. The summed E-state index contributed by atoms with van der Waals surface area (Å²) >= 11 is 0. The van der Waals surface area contributed by atoms with Gasteiger partial charge < -0.3 is 4.74 Å². The third-order valence-electron chi connectivity index (χ3n) is 4.68. The molecular weight excluding hydrogens is 440 g/mol. The first-order chi connectivity index (χ1) is 15.0. The molecule has 33 heavy (non-hydrogen) atoms. The molecule has 0 aliphatic carbocycles. The second-order valence-electron chi connectivity index (χ2n) is 8.89. The molecule has 1 nitrogen and oxygen atoms in total. The first-order valence-electron chi connectivity index (χ1n) is 11.5. The average molecular weight is 482 g/mol. The van der Waals surface area contributed by atoms with Crippen LogP contribution in [0, 0.1) is 80.5 Å². The zero-order chi connectivity index (χ0) is 24.1. The summed E-state index contributed by atoms with van der Waals surface area (Å²) in [5, 5.41) is 0. The zero-order valence-electron chi connectivity index (χ0n) is 22.1. The molecule has 1 heterocycles. The van der Waals surface area contributed by atoms with Crippen molar-refractivity contribution in [2.75, 3.05) is 13.2 Å². The van der Waals surface area contributed by atoms with Crippen LogP contribution in [0.5, 0.6) is 0 Å². The minimum Gasteiger partial charge on any atom is -0.381 e. The fourth-order valence-corrected chi connectivity index (χ4v) is 3.83. The standard InChI is InChI=1S/3C9H11.C4H8O.Cr/c3*1-7-4-8(2)6-9(3)5-7;1-2-4-5-3-1;/h3*4-5H,1-3H3;1-4H2;/q3*-1;;+3. The molecule has 0 atom stereocenters. The minimum atomic E-state index is 0. The van der Waals surface area contributed by atoms with Gasteiger partial charge in [0.2, 0.25) is 0 Å². The van der Waals surface area contributed by atoms with E-state index in [0.29, 0.717) is 0 Å². The Morgan fingerprint density at radius 2 is 0.667 bits per heavy atom. The van der Waals surface area contributed by atoms with Crippen LogP contribution in [0.2, 0.25) is 0 Å². The molecule has 3 aromatic carbocycles. The monoisotopic (exact) mass is 481 g/mol. The summed E-state index contributed by atoms with van der Waals surface area (Å²) < 4.78 is 4.94. The molecule has 0 saturated carbocycles. The molecule has 0 N–H and O–H groups in total. The summed E-state index contributed by atoms with van der Waals surface area (Å²) in [6, 6.07) is 22.4. The molecule has 177 valence electrons. The summed E-state index contributed by atoms with van der Waals surface area (Å²) in [6.45, 7) is 20.7. The third kappa shape index (κ3) is 15.6. The van der Waals surface area contributed by atoms with Gasteiger partial charge in [0.15, 0.2) is 0 Å².